The Bertz CT molecular complexity index is 821. The number of nitrogens with one attached hydrogen (secondary N) is 1. The number of hydrogen-bond donors (Lipinski definition) is 1. The summed E-state index contributed by atoms with van der Waals surface area (Å²) in [4.78, 5) is 27.0. The van der Waals surface area contributed by atoms with Crippen molar-refractivity contribution in [3.8, 4) is 5.75 Å². The number of likely N-dealkylation sites (N-methyl/N-ethyl adjacent to an activating group) is 1. The Labute approximate surface area is 181 Å². The van der Waals surface area contributed by atoms with E-state index < -0.39 is 6.04 Å². The first kappa shape index (κ1) is 22.9. The molecule has 0 saturated carbocycles. The molecule has 1 atom stereocenters. The van der Waals surface area contributed by atoms with Crippen molar-refractivity contribution in [2.75, 3.05) is 13.2 Å². The fourth-order valence-corrected chi connectivity index (χ4v) is 3.27. The zero-order valence-electron chi connectivity index (χ0n) is 17.4. The van der Waals surface area contributed by atoms with E-state index in [4.69, 9.17) is 4.74 Å². The molecule has 0 radical (unpaired) electrons. The summed E-state index contributed by atoms with van der Waals surface area (Å²) in [5.41, 5.74) is 2.00. The molecule has 29 heavy (non-hydrogen) atoms. The summed E-state index contributed by atoms with van der Waals surface area (Å²) < 4.78 is 6.82. The van der Waals surface area contributed by atoms with Gasteiger partial charge in [-0.1, -0.05) is 60.1 Å². The van der Waals surface area contributed by atoms with Gasteiger partial charge in [-0.2, -0.15) is 0 Å². The van der Waals surface area contributed by atoms with E-state index in [-0.39, 0.29) is 24.3 Å². The molecular formula is C23H29BrN2O3. The Morgan fingerprint density at radius 1 is 1.07 bits per heavy atom. The Hall–Kier alpha value is -2.34. The molecular weight excluding hydrogens is 432 g/mol. The van der Waals surface area contributed by atoms with Gasteiger partial charge in [0.2, 0.25) is 5.91 Å². The van der Waals surface area contributed by atoms with Crippen molar-refractivity contribution in [1.29, 1.82) is 0 Å². The van der Waals surface area contributed by atoms with Gasteiger partial charge in [-0.25, -0.2) is 0 Å². The number of hydrogen-bond acceptors (Lipinski definition) is 3. The zero-order chi connectivity index (χ0) is 21.4. The van der Waals surface area contributed by atoms with Crippen LogP contribution in [-0.2, 0) is 16.1 Å². The summed E-state index contributed by atoms with van der Waals surface area (Å²) in [6.07, 6.45) is 0. The van der Waals surface area contributed by atoms with Gasteiger partial charge in [0.25, 0.3) is 5.91 Å². The lowest BCUT2D eigenvalue weighted by Crippen LogP contribution is -2.49. The molecule has 0 aliphatic heterocycles. The van der Waals surface area contributed by atoms with Gasteiger partial charge in [0.05, 0.1) is 0 Å². The highest BCUT2D eigenvalue weighted by molar-refractivity contribution is 9.10. The van der Waals surface area contributed by atoms with Gasteiger partial charge >= 0.3 is 0 Å². The molecule has 156 valence electrons. The Balaban J connectivity index is 2.17. The van der Waals surface area contributed by atoms with Gasteiger partial charge in [0, 0.05) is 17.6 Å². The molecule has 0 heterocycles. The maximum atomic E-state index is 13.0. The van der Waals surface area contributed by atoms with E-state index in [0.717, 1.165) is 15.6 Å². The zero-order valence-corrected chi connectivity index (χ0v) is 19.0. The van der Waals surface area contributed by atoms with Gasteiger partial charge in [0.1, 0.15) is 11.8 Å². The van der Waals surface area contributed by atoms with Crippen molar-refractivity contribution < 1.29 is 14.3 Å². The third kappa shape index (κ3) is 6.60. The first-order valence-electron chi connectivity index (χ1n) is 9.86. The van der Waals surface area contributed by atoms with Gasteiger partial charge < -0.3 is 15.0 Å². The lowest BCUT2D eigenvalue weighted by Gasteiger charge is -2.29. The molecule has 5 nitrogen and oxygen atoms in total. The minimum Gasteiger partial charge on any atom is -0.483 e. The van der Waals surface area contributed by atoms with Crippen molar-refractivity contribution in [2.45, 2.75) is 46.2 Å². The van der Waals surface area contributed by atoms with E-state index in [2.05, 4.69) is 35.1 Å². The second kappa shape index (κ2) is 11.0. The van der Waals surface area contributed by atoms with Crippen molar-refractivity contribution in [3.63, 3.8) is 0 Å². The lowest BCUT2D eigenvalue weighted by molar-refractivity contribution is -0.142. The highest BCUT2D eigenvalue weighted by Gasteiger charge is 2.26. The molecule has 0 aromatic heterocycles. The van der Waals surface area contributed by atoms with Crippen LogP contribution in [0.1, 0.15) is 44.7 Å². The van der Waals surface area contributed by atoms with Gasteiger partial charge in [-0.05, 0) is 49.1 Å². The summed E-state index contributed by atoms with van der Waals surface area (Å²) in [7, 11) is 0. The maximum Gasteiger partial charge on any atom is 0.261 e. The summed E-state index contributed by atoms with van der Waals surface area (Å²) in [5.74, 6) is 0.574. The molecule has 1 N–H and O–H groups in total. The average molecular weight is 461 g/mol. The number of halogens is 1. The van der Waals surface area contributed by atoms with E-state index in [9.17, 15) is 9.59 Å². The van der Waals surface area contributed by atoms with Gasteiger partial charge in [-0.15, -0.1) is 0 Å². The van der Waals surface area contributed by atoms with Crippen LogP contribution < -0.4 is 10.1 Å². The predicted octanol–water partition coefficient (Wildman–Crippen LogP) is 4.50. The second-order valence-corrected chi connectivity index (χ2v) is 8.12. The van der Waals surface area contributed by atoms with Crippen LogP contribution in [0.4, 0.5) is 0 Å². The first-order valence-corrected chi connectivity index (χ1v) is 10.7. The van der Waals surface area contributed by atoms with Crippen LogP contribution in [0.25, 0.3) is 0 Å². The molecule has 0 saturated heterocycles. The molecule has 0 fully saturated rings. The Kier molecular flexibility index (Phi) is 8.70. The van der Waals surface area contributed by atoms with Crippen LogP contribution in [0.5, 0.6) is 5.75 Å². The number of carbonyl (C=O) groups excluding carboxylic acids is 2. The Morgan fingerprint density at radius 3 is 2.34 bits per heavy atom. The number of nitrogens with zero attached hydrogens (tertiary/aromatic N) is 1. The van der Waals surface area contributed by atoms with Crippen LogP contribution in [0.3, 0.4) is 0 Å². The summed E-state index contributed by atoms with van der Waals surface area (Å²) >= 11 is 3.42. The van der Waals surface area contributed by atoms with Crippen LogP contribution in [0.2, 0.25) is 0 Å². The van der Waals surface area contributed by atoms with Crippen molar-refractivity contribution >= 4 is 27.7 Å². The smallest absolute Gasteiger partial charge is 0.261 e. The molecule has 2 rings (SSSR count). The molecule has 6 heteroatoms. The van der Waals surface area contributed by atoms with E-state index >= 15 is 0 Å². The normalized spacial score (nSPS) is 11.8. The van der Waals surface area contributed by atoms with Gasteiger partial charge in [-0.3, -0.25) is 9.59 Å². The standard InChI is InChI=1S/C23H29BrN2O3/c1-5-25-23(28)17(4)26(14-18-10-12-19(24)13-11-18)22(27)15-29-21-9-7-6-8-20(21)16(2)3/h6-13,16-17H,5,14-15H2,1-4H3,(H,25,28). The number of benzene rings is 2. The predicted molar refractivity (Wildman–Crippen MR) is 119 cm³/mol. The molecule has 0 aliphatic carbocycles. The van der Waals surface area contributed by atoms with Crippen molar-refractivity contribution in [1.82, 2.24) is 10.2 Å². The van der Waals surface area contributed by atoms with E-state index in [1.165, 1.54) is 0 Å². The average Bonchev–Trinajstić information content (AvgIpc) is 2.71. The monoisotopic (exact) mass is 460 g/mol. The number of para-hydroxylation sites is 1. The number of amides is 2. The van der Waals surface area contributed by atoms with Crippen molar-refractivity contribution in [3.05, 3.63) is 64.1 Å². The molecule has 2 aromatic rings. The first-order chi connectivity index (χ1) is 13.8. The SMILES string of the molecule is CCNC(=O)C(C)N(Cc1ccc(Br)cc1)C(=O)COc1ccccc1C(C)C. The summed E-state index contributed by atoms with van der Waals surface area (Å²) in [5, 5.41) is 2.79. The minimum absolute atomic E-state index is 0.121. The molecule has 2 amide bonds. The van der Waals surface area contributed by atoms with Crippen LogP contribution in [0.15, 0.2) is 53.0 Å². The quantitative estimate of drug-likeness (QED) is 0.598. The van der Waals surface area contributed by atoms with Crippen LogP contribution in [-0.4, -0.2) is 35.9 Å². The molecule has 0 spiro atoms. The number of carbonyl (C=O) groups is 2. The van der Waals surface area contributed by atoms with Crippen LogP contribution in [0, 0.1) is 0 Å². The Morgan fingerprint density at radius 2 is 1.72 bits per heavy atom. The van der Waals surface area contributed by atoms with E-state index in [1.54, 1.807) is 11.8 Å². The summed E-state index contributed by atoms with van der Waals surface area (Å²) in [6.45, 7) is 8.49. The lowest BCUT2D eigenvalue weighted by atomic mass is 10.0. The second-order valence-electron chi connectivity index (χ2n) is 7.20. The third-order valence-electron chi connectivity index (χ3n) is 4.68. The largest absolute Gasteiger partial charge is 0.483 e. The fourth-order valence-electron chi connectivity index (χ4n) is 3.00. The van der Waals surface area contributed by atoms with E-state index in [0.29, 0.717) is 18.8 Å². The highest BCUT2D eigenvalue weighted by Crippen LogP contribution is 2.26. The minimum atomic E-state index is -0.602. The molecule has 0 bridgehead atoms. The van der Waals surface area contributed by atoms with E-state index in [1.807, 2.05) is 55.5 Å². The highest BCUT2D eigenvalue weighted by atomic mass is 79.9. The topological polar surface area (TPSA) is 58.6 Å². The molecule has 1 unspecified atom stereocenters. The molecule has 0 aliphatic rings. The van der Waals surface area contributed by atoms with Crippen molar-refractivity contribution in [2.24, 2.45) is 0 Å². The number of ether oxygens (including phenoxy) is 1. The third-order valence-corrected chi connectivity index (χ3v) is 5.21. The maximum absolute atomic E-state index is 13.0. The fraction of sp³-hybridized carbons (Fsp3) is 0.391. The molecule has 2 aromatic carbocycles. The van der Waals surface area contributed by atoms with Gasteiger partial charge in [0.15, 0.2) is 6.61 Å². The number of rotatable bonds is 9. The summed E-state index contributed by atoms with van der Waals surface area (Å²) in [6, 6.07) is 14.8. The van der Waals surface area contributed by atoms with Crippen LogP contribution >= 0.6 is 15.9 Å².